The lowest BCUT2D eigenvalue weighted by Crippen LogP contribution is -2.44. The van der Waals surface area contributed by atoms with Gasteiger partial charge in [0.2, 0.25) is 17.8 Å². The number of ether oxygens (including phenoxy) is 2. The fraction of sp³-hybridized carbons (Fsp3) is 0.378. The summed E-state index contributed by atoms with van der Waals surface area (Å²) in [6, 6.07) is 19.0. The zero-order chi connectivity index (χ0) is 45.8. The standard InChI is InChI=1S/C45H48BrF3N12O4/c1-26-39-34(54-44(52-26)61-23-19-50-20-24-61)13-15-36(56-39)55-38(62)25-33(28-5-9-32(10-6-28)65-45(47,48)49)41(64-31-11-7-29(46)8-12-31)42(63)58-37-16-14-35-40(57-37)27(2)51-43(53-35)60-21-17-30(18-22-60)59(3)4/h5-16,30,33,41,50H,17-25H2,1-4H3,(H,55,56,62)(H,57,58,63). The summed E-state index contributed by atoms with van der Waals surface area (Å²) in [6.45, 7) is 8.47. The topological polar surface area (TPSA) is 176 Å². The zero-order valence-electron chi connectivity index (χ0n) is 36.2. The number of nitrogens with zero attached hydrogens (tertiary/aromatic N) is 9. The second kappa shape index (κ2) is 19.5. The van der Waals surface area contributed by atoms with Crippen LogP contribution in [0.1, 0.15) is 42.1 Å². The molecule has 16 nitrogen and oxygen atoms in total. The summed E-state index contributed by atoms with van der Waals surface area (Å²) in [4.78, 5) is 63.6. The summed E-state index contributed by atoms with van der Waals surface area (Å²) in [5.41, 5.74) is 3.76. The lowest BCUT2D eigenvalue weighted by atomic mass is 9.89. The van der Waals surface area contributed by atoms with Crippen LogP contribution in [-0.4, -0.2) is 118 Å². The molecule has 8 rings (SSSR count). The third kappa shape index (κ3) is 11.2. The van der Waals surface area contributed by atoms with E-state index in [1.54, 1.807) is 48.5 Å². The van der Waals surface area contributed by atoms with Gasteiger partial charge in [-0.1, -0.05) is 28.1 Å². The molecule has 2 atom stereocenters. The lowest BCUT2D eigenvalue weighted by molar-refractivity contribution is -0.274. The monoisotopic (exact) mass is 956 g/mol. The summed E-state index contributed by atoms with van der Waals surface area (Å²) in [7, 11) is 4.18. The van der Waals surface area contributed by atoms with E-state index in [-0.39, 0.29) is 18.1 Å². The molecule has 2 aliphatic heterocycles. The Labute approximate surface area is 381 Å². The third-order valence-corrected chi connectivity index (χ3v) is 12.0. The van der Waals surface area contributed by atoms with Crippen molar-refractivity contribution >= 4 is 73.3 Å². The number of piperidine rings is 1. The molecule has 6 heterocycles. The molecule has 2 fully saturated rings. The van der Waals surface area contributed by atoms with E-state index in [1.807, 2.05) is 13.8 Å². The van der Waals surface area contributed by atoms with E-state index in [1.165, 1.54) is 12.1 Å². The first kappa shape index (κ1) is 45.3. The molecule has 0 radical (unpaired) electrons. The average molecular weight is 958 g/mol. The van der Waals surface area contributed by atoms with Gasteiger partial charge in [-0.15, -0.1) is 13.2 Å². The number of pyridine rings is 2. The Morgan fingerprint density at radius 2 is 1.29 bits per heavy atom. The summed E-state index contributed by atoms with van der Waals surface area (Å²) in [5, 5.41) is 9.02. The largest absolute Gasteiger partial charge is 0.573 e. The molecular weight excluding hydrogens is 909 g/mol. The summed E-state index contributed by atoms with van der Waals surface area (Å²) in [5.74, 6) is -0.883. The molecule has 0 aliphatic carbocycles. The van der Waals surface area contributed by atoms with Gasteiger partial charge in [0.15, 0.2) is 6.10 Å². The Bertz CT molecular complexity index is 2660. The number of halogens is 4. The summed E-state index contributed by atoms with van der Waals surface area (Å²) >= 11 is 3.42. The van der Waals surface area contributed by atoms with Crippen LogP contribution in [0.5, 0.6) is 11.5 Å². The van der Waals surface area contributed by atoms with Gasteiger partial charge in [-0.05, 0) is 107 Å². The molecule has 65 heavy (non-hydrogen) atoms. The molecule has 2 aromatic carbocycles. The van der Waals surface area contributed by atoms with Gasteiger partial charge < -0.3 is 40.1 Å². The number of hydrogen-bond donors (Lipinski definition) is 3. The van der Waals surface area contributed by atoms with Crippen LogP contribution < -0.4 is 35.2 Å². The highest BCUT2D eigenvalue weighted by Gasteiger charge is 2.36. The SMILES string of the molecule is Cc1nc(N2CCNCC2)nc2ccc(NC(=O)CC(c3ccc(OC(F)(F)F)cc3)C(Oc3ccc(Br)cc3)C(=O)Nc3ccc4nc(N5CCC(N(C)C)CC5)nc(C)c4n3)nc12. The first-order valence-electron chi connectivity index (χ1n) is 21.2. The van der Waals surface area contributed by atoms with Crippen molar-refractivity contribution in [2.45, 2.75) is 57.5 Å². The molecule has 20 heteroatoms. The number of rotatable bonds is 13. The van der Waals surface area contributed by atoms with Crippen molar-refractivity contribution < 1.29 is 32.2 Å². The van der Waals surface area contributed by atoms with Crippen LogP contribution in [0, 0.1) is 13.8 Å². The second-order valence-electron chi connectivity index (χ2n) is 16.2. The number of aromatic nitrogens is 6. The Kier molecular flexibility index (Phi) is 13.6. The number of fused-ring (bicyclic) bond motifs is 2. The van der Waals surface area contributed by atoms with Gasteiger partial charge in [0.1, 0.15) is 34.2 Å². The normalized spacial score (nSPS) is 15.8. The van der Waals surface area contributed by atoms with E-state index >= 15 is 0 Å². The average Bonchev–Trinajstić information content (AvgIpc) is 3.28. The highest BCUT2D eigenvalue weighted by molar-refractivity contribution is 9.10. The van der Waals surface area contributed by atoms with Crippen molar-refractivity contribution in [2.24, 2.45) is 0 Å². The third-order valence-electron chi connectivity index (χ3n) is 11.5. The summed E-state index contributed by atoms with van der Waals surface area (Å²) < 4.78 is 50.9. The maximum Gasteiger partial charge on any atom is 0.573 e. The quantitative estimate of drug-likeness (QED) is 0.111. The molecule has 0 saturated carbocycles. The van der Waals surface area contributed by atoms with Gasteiger partial charge in [0.05, 0.1) is 22.4 Å². The van der Waals surface area contributed by atoms with E-state index in [0.717, 1.165) is 68.7 Å². The Balaban J connectivity index is 1.08. The van der Waals surface area contributed by atoms with E-state index in [9.17, 15) is 22.8 Å². The summed E-state index contributed by atoms with van der Waals surface area (Å²) in [6.07, 6.45) is -4.75. The molecular formula is C45H48BrF3N12O4. The number of aryl methyl sites for hydroxylation is 2. The first-order chi connectivity index (χ1) is 31.2. The molecule has 0 spiro atoms. The fourth-order valence-electron chi connectivity index (χ4n) is 8.04. The predicted octanol–water partition coefficient (Wildman–Crippen LogP) is 6.78. The number of hydrogen-bond acceptors (Lipinski definition) is 14. The van der Waals surface area contributed by atoms with Gasteiger partial charge in [-0.2, -0.15) is 0 Å². The van der Waals surface area contributed by atoms with Crippen molar-refractivity contribution in [1.82, 2.24) is 40.1 Å². The number of piperazine rings is 1. The Morgan fingerprint density at radius 1 is 0.754 bits per heavy atom. The number of nitrogens with one attached hydrogen (secondary N) is 3. The molecule has 2 amide bonds. The number of carbonyl (C=O) groups excluding carboxylic acids is 2. The molecule has 2 aliphatic rings. The Morgan fingerprint density at radius 3 is 1.85 bits per heavy atom. The number of anilines is 4. The van der Waals surface area contributed by atoms with Crippen LogP contribution in [0.15, 0.2) is 77.3 Å². The predicted molar refractivity (Wildman–Crippen MR) is 244 cm³/mol. The molecule has 6 aromatic rings. The van der Waals surface area contributed by atoms with Crippen molar-refractivity contribution in [2.75, 3.05) is 73.8 Å². The second-order valence-corrected chi connectivity index (χ2v) is 17.1. The first-order valence-corrected chi connectivity index (χ1v) is 22.0. The number of carbonyl (C=O) groups is 2. The molecule has 2 saturated heterocycles. The van der Waals surface area contributed by atoms with Crippen molar-refractivity contribution in [3.05, 3.63) is 94.2 Å². The molecule has 340 valence electrons. The minimum absolute atomic E-state index is 0.174. The zero-order valence-corrected chi connectivity index (χ0v) is 37.8. The van der Waals surface area contributed by atoms with Crippen molar-refractivity contribution in [3.8, 4) is 11.5 Å². The molecule has 4 aromatic heterocycles. The van der Waals surface area contributed by atoms with Gasteiger partial charge in [-0.3, -0.25) is 9.59 Å². The highest BCUT2D eigenvalue weighted by Crippen LogP contribution is 2.33. The van der Waals surface area contributed by atoms with Crippen molar-refractivity contribution in [3.63, 3.8) is 0 Å². The minimum Gasteiger partial charge on any atom is -0.480 e. The maximum atomic E-state index is 14.6. The molecule has 3 N–H and O–H groups in total. The van der Waals surface area contributed by atoms with E-state index in [2.05, 4.69) is 75.4 Å². The molecule has 0 bridgehead atoms. The van der Waals surface area contributed by atoms with Gasteiger partial charge in [-0.25, -0.2) is 29.9 Å². The van der Waals surface area contributed by atoms with E-state index in [4.69, 9.17) is 24.7 Å². The Hall–Kier alpha value is -6.25. The van der Waals surface area contributed by atoms with Crippen molar-refractivity contribution in [1.29, 1.82) is 0 Å². The van der Waals surface area contributed by atoms with Gasteiger partial charge >= 0.3 is 6.36 Å². The lowest BCUT2D eigenvalue weighted by Gasteiger charge is -2.35. The fourth-order valence-corrected chi connectivity index (χ4v) is 8.31. The van der Waals surface area contributed by atoms with Crippen LogP contribution >= 0.6 is 15.9 Å². The van der Waals surface area contributed by atoms with Gasteiger partial charge in [0.25, 0.3) is 5.91 Å². The van der Waals surface area contributed by atoms with Crippen LogP contribution in [0.3, 0.4) is 0 Å². The smallest absolute Gasteiger partial charge is 0.480 e. The van der Waals surface area contributed by atoms with Crippen LogP contribution in [-0.2, 0) is 9.59 Å². The highest BCUT2D eigenvalue weighted by atomic mass is 79.9. The van der Waals surface area contributed by atoms with E-state index in [0.29, 0.717) is 62.7 Å². The number of alkyl halides is 3. The molecule has 2 unspecified atom stereocenters. The number of amides is 2. The minimum atomic E-state index is -4.93. The van der Waals surface area contributed by atoms with Gasteiger partial charge in [0, 0.05) is 62.1 Å². The van der Waals surface area contributed by atoms with Crippen LogP contribution in [0.4, 0.5) is 36.7 Å². The van der Waals surface area contributed by atoms with E-state index < -0.39 is 35.9 Å². The maximum absolute atomic E-state index is 14.6. The van der Waals surface area contributed by atoms with Crippen LogP contribution in [0.2, 0.25) is 0 Å². The van der Waals surface area contributed by atoms with Crippen LogP contribution in [0.25, 0.3) is 22.1 Å². The number of benzene rings is 2.